The molecule has 2 rings (SSSR count). The van der Waals surface area contributed by atoms with Gasteiger partial charge in [-0.15, -0.1) is 0 Å². The van der Waals surface area contributed by atoms with Crippen LogP contribution in [0.4, 0.5) is 11.4 Å². The zero-order valence-corrected chi connectivity index (χ0v) is 18.1. The smallest absolute Gasteiger partial charge is 0.232 e. The van der Waals surface area contributed by atoms with E-state index in [1.807, 2.05) is 50.2 Å². The largest absolute Gasteiger partial charge is 0.326 e. The third-order valence-electron chi connectivity index (χ3n) is 4.07. The van der Waals surface area contributed by atoms with E-state index >= 15 is 0 Å². The van der Waals surface area contributed by atoms with Crippen LogP contribution in [0.3, 0.4) is 0 Å². The third-order valence-corrected chi connectivity index (χ3v) is 5.99. The van der Waals surface area contributed by atoms with E-state index in [1.165, 1.54) is 10.6 Å². The first-order valence-electron chi connectivity index (χ1n) is 8.27. The minimum atomic E-state index is -3.41. The standard InChI is InChI=1S/C19H23IN2O3S/c1-14-6-11-18(13-15(14)2)22(26(3,24)25)12-4-5-19(23)21-17-9-7-16(20)8-10-17/h6-11,13H,4-5,12H2,1-3H3,(H,21,23). The predicted octanol–water partition coefficient (Wildman–Crippen LogP) is 4.09. The monoisotopic (exact) mass is 486 g/mol. The van der Waals surface area contributed by atoms with Crippen LogP contribution >= 0.6 is 22.6 Å². The van der Waals surface area contributed by atoms with Gasteiger partial charge in [-0.25, -0.2) is 8.42 Å². The molecule has 1 amide bonds. The van der Waals surface area contributed by atoms with Gasteiger partial charge in [-0.1, -0.05) is 6.07 Å². The lowest BCUT2D eigenvalue weighted by molar-refractivity contribution is -0.116. The van der Waals surface area contributed by atoms with Gasteiger partial charge in [0.1, 0.15) is 0 Å². The Kier molecular flexibility index (Phi) is 7.05. The van der Waals surface area contributed by atoms with Crippen molar-refractivity contribution in [2.24, 2.45) is 0 Å². The number of nitrogens with zero attached hydrogens (tertiary/aromatic N) is 1. The number of nitrogens with one attached hydrogen (secondary N) is 1. The molecule has 0 heterocycles. The molecule has 2 aromatic carbocycles. The number of hydrogen-bond donors (Lipinski definition) is 1. The van der Waals surface area contributed by atoms with Crippen molar-refractivity contribution in [3.63, 3.8) is 0 Å². The zero-order chi connectivity index (χ0) is 19.3. The number of sulfonamides is 1. The molecule has 0 saturated carbocycles. The molecule has 0 fully saturated rings. The fourth-order valence-electron chi connectivity index (χ4n) is 2.51. The van der Waals surface area contributed by atoms with Crippen LogP contribution in [0.15, 0.2) is 42.5 Å². The van der Waals surface area contributed by atoms with Gasteiger partial charge in [0, 0.05) is 22.2 Å². The van der Waals surface area contributed by atoms with Crippen molar-refractivity contribution < 1.29 is 13.2 Å². The van der Waals surface area contributed by atoms with E-state index in [9.17, 15) is 13.2 Å². The van der Waals surface area contributed by atoms with Gasteiger partial charge in [0.15, 0.2) is 0 Å². The van der Waals surface area contributed by atoms with E-state index in [0.29, 0.717) is 12.1 Å². The molecule has 0 aliphatic heterocycles. The van der Waals surface area contributed by atoms with Crippen LogP contribution in [-0.2, 0) is 14.8 Å². The summed E-state index contributed by atoms with van der Waals surface area (Å²) in [6.07, 6.45) is 1.88. The van der Waals surface area contributed by atoms with Gasteiger partial charge in [-0.3, -0.25) is 9.10 Å². The van der Waals surface area contributed by atoms with Crippen LogP contribution in [0.2, 0.25) is 0 Å². The summed E-state index contributed by atoms with van der Waals surface area (Å²) in [5, 5.41) is 2.83. The molecule has 26 heavy (non-hydrogen) atoms. The second-order valence-electron chi connectivity index (χ2n) is 6.26. The van der Waals surface area contributed by atoms with E-state index in [2.05, 4.69) is 27.9 Å². The lowest BCUT2D eigenvalue weighted by Gasteiger charge is -2.23. The molecule has 0 aromatic heterocycles. The summed E-state index contributed by atoms with van der Waals surface area (Å²) in [6, 6.07) is 13.1. The fraction of sp³-hybridized carbons (Fsp3) is 0.316. The van der Waals surface area contributed by atoms with Crippen molar-refractivity contribution >= 4 is 49.9 Å². The second kappa shape index (κ2) is 8.85. The Balaban J connectivity index is 1.98. The van der Waals surface area contributed by atoms with Gasteiger partial charge in [0.2, 0.25) is 15.9 Å². The second-order valence-corrected chi connectivity index (χ2v) is 9.41. The topological polar surface area (TPSA) is 66.5 Å². The first-order valence-corrected chi connectivity index (χ1v) is 11.2. The van der Waals surface area contributed by atoms with Crippen LogP contribution in [0.1, 0.15) is 24.0 Å². The van der Waals surface area contributed by atoms with Crippen LogP contribution in [0.5, 0.6) is 0 Å². The Morgan fingerprint density at radius 1 is 1.08 bits per heavy atom. The van der Waals surface area contributed by atoms with E-state index in [-0.39, 0.29) is 18.9 Å². The summed E-state index contributed by atoms with van der Waals surface area (Å²) >= 11 is 2.20. The van der Waals surface area contributed by atoms with Gasteiger partial charge < -0.3 is 5.32 Å². The summed E-state index contributed by atoms with van der Waals surface area (Å²) in [5.41, 5.74) is 3.52. The first kappa shape index (κ1) is 20.7. The van der Waals surface area contributed by atoms with Crippen molar-refractivity contribution in [3.05, 3.63) is 57.2 Å². The predicted molar refractivity (Wildman–Crippen MR) is 115 cm³/mol. The van der Waals surface area contributed by atoms with Gasteiger partial charge in [0.25, 0.3) is 0 Å². The number of carbonyl (C=O) groups excluding carboxylic acids is 1. The SMILES string of the molecule is Cc1ccc(N(CCCC(=O)Nc2ccc(I)cc2)S(C)(=O)=O)cc1C. The molecule has 2 aromatic rings. The van der Waals surface area contributed by atoms with E-state index in [0.717, 1.165) is 20.4 Å². The van der Waals surface area contributed by atoms with Crippen molar-refractivity contribution in [1.29, 1.82) is 0 Å². The Morgan fingerprint density at radius 3 is 2.31 bits per heavy atom. The Hall–Kier alpha value is -1.61. The summed E-state index contributed by atoms with van der Waals surface area (Å²) in [4.78, 5) is 12.1. The molecule has 5 nitrogen and oxygen atoms in total. The van der Waals surface area contributed by atoms with Gasteiger partial charge in [0.05, 0.1) is 11.9 Å². The van der Waals surface area contributed by atoms with Crippen molar-refractivity contribution in [1.82, 2.24) is 0 Å². The lowest BCUT2D eigenvalue weighted by atomic mass is 10.1. The average molecular weight is 486 g/mol. The molecule has 0 saturated heterocycles. The van der Waals surface area contributed by atoms with Crippen molar-refractivity contribution in [2.45, 2.75) is 26.7 Å². The van der Waals surface area contributed by atoms with Crippen LogP contribution < -0.4 is 9.62 Å². The number of benzene rings is 2. The number of anilines is 2. The maximum atomic E-state index is 12.2. The van der Waals surface area contributed by atoms with Gasteiger partial charge in [-0.2, -0.15) is 0 Å². The fourth-order valence-corrected chi connectivity index (χ4v) is 3.82. The molecular weight excluding hydrogens is 463 g/mol. The number of carbonyl (C=O) groups is 1. The normalized spacial score (nSPS) is 11.2. The Bertz CT molecular complexity index is 880. The summed E-state index contributed by atoms with van der Waals surface area (Å²) in [7, 11) is -3.41. The average Bonchev–Trinajstić information content (AvgIpc) is 2.55. The minimum absolute atomic E-state index is 0.125. The highest BCUT2D eigenvalue weighted by atomic mass is 127. The molecule has 0 spiro atoms. The highest BCUT2D eigenvalue weighted by Crippen LogP contribution is 2.22. The molecule has 140 valence electrons. The van der Waals surface area contributed by atoms with E-state index in [4.69, 9.17) is 0 Å². The first-order chi connectivity index (χ1) is 12.2. The summed E-state index contributed by atoms with van der Waals surface area (Å²) in [6.45, 7) is 4.20. The van der Waals surface area contributed by atoms with Crippen LogP contribution in [0, 0.1) is 17.4 Å². The molecule has 0 unspecified atom stereocenters. The highest BCUT2D eigenvalue weighted by molar-refractivity contribution is 14.1. The molecule has 7 heteroatoms. The zero-order valence-electron chi connectivity index (χ0n) is 15.1. The van der Waals surface area contributed by atoms with Crippen LogP contribution in [0.25, 0.3) is 0 Å². The van der Waals surface area contributed by atoms with E-state index < -0.39 is 10.0 Å². The van der Waals surface area contributed by atoms with Crippen LogP contribution in [-0.4, -0.2) is 27.1 Å². The molecular formula is C19H23IN2O3S. The number of halogens is 1. The third kappa shape index (κ3) is 5.98. The molecule has 0 radical (unpaired) electrons. The molecule has 0 atom stereocenters. The van der Waals surface area contributed by atoms with Gasteiger partial charge >= 0.3 is 0 Å². The maximum absolute atomic E-state index is 12.2. The van der Waals surface area contributed by atoms with Gasteiger partial charge in [-0.05, 0) is 90.4 Å². The maximum Gasteiger partial charge on any atom is 0.232 e. The summed E-state index contributed by atoms with van der Waals surface area (Å²) < 4.78 is 26.8. The van der Waals surface area contributed by atoms with Crippen molar-refractivity contribution in [2.75, 3.05) is 22.4 Å². The molecule has 0 bridgehead atoms. The number of amides is 1. The summed E-state index contributed by atoms with van der Waals surface area (Å²) in [5.74, 6) is -0.125. The lowest BCUT2D eigenvalue weighted by Crippen LogP contribution is -2.31. The molecule has 0 aliphatic rings. The van der Waals surface area contributed by atoms with E-state index in [1.54, 1.807) is 6.07 Å². The van der Waals surface area contributed by atoms with Crippen molar-refractivity contribution in [3.8, 4) is 0 Å². The highest BCUT2D eigenvalue weighted by Gasteiger charge is 2.18. The molecule has 1 N–H and O–H groups in total. The molecule has 0 aliphatic carbocycles. The minimum Gasteiger partial charge on any atom is -0.326 e. The quantitative estimate of drug-likeness (QED) is 0.600. The number of aryl methyl sites for hydroxylation is 2. The Morgan fingerprint density at radius 2 is 1.73 bits per heavy atom. The number of hydrogen-bond acceptors (Lipinski definition) is 3. The number of rotatable bonds is 7. The Labute approximate surface area is 169 Å².